The summed E-state index contributed by atoms with van der Waals surface area (Å²) in [7, 11) is 0. The van der Waals surface area contributed by atoms with Crippen molar-refractivity contribution in [1.82, 2.24) is 10.6 Å². The lowest BCUT2D eigenvalue weighted by Crippen LogP contribution is -2.42. The molecule has 0 spiro atoms. The normalized spacial score (nSPS) is 23.2. The van der Waals surface area contributed by atoms with E-state index in [9.17, 15) is 14.3 Å². The second-order valence-electron chi connectivity index (χ2n) is 5.78. The Labute approximate surface area is 124 Å². The van der Waals surface area contributed by atoms with E-state index in [2.05, 4.69) is 10.6 Å². The van der Waals surface area contributed by atoms with Crippen molar-refractivity contribution in [2.24, 2.45) is 5.92 Å². The monoisotopic (exact) mass is 294 g/mol. The first-order valence-corrected chi connectivity index (χ1v) is 7.49. The fourth-order valence-corrected chi connectivity index (χ4v) is 2.36. The van der Waals surface area contributed by atoms with Crippen molar-refractivity contribution in [3.63, 3.8) is 0 Å². The van der Waals surface area contributed by atoms with Gasteiger partial charge in [0.05, 0.1) is 6.10 Å². The highest BCUT2D eigenvalue weighted by Crippen LogP contribution is 2.41. The number of nitrogens with one attached hydrogen (secondary N) is 2. The van der Waals surface area contributed by atoms with Crippen LogP contribution in [-0.4, -0.2) is 29.8 Å². The Morgan fingerprint density at radius 3 is 2.86 bits per heavy atom. The third-order valence-electron chi connectivity index (χ3n) is 4.18. The lowest BCUT2D eigenvalue weighted by Gasteiger charge is -2.17. The van der Waals surface area contributed by atoms with Crippen LogP contribution in [0.2, 0.25) is 0 Å². The molecule has 1 aliphatic rings. The van der Waals surface area contributed by atoms with Gasteiger partial charge in [0.15, 0.2) is 0 Å². The van der Waals surface area contributed by atoms with Gasteiger partial charge >= 0.3 is 6.03 Å². The van der Waals surface area contributed by atoms with Crippen LogP contribution >= 0.6 is 0 Å². The molecule has 1 saturated carbocycles. The Morgan fingerprint density at radius 1 is 1.48 bits per heavy atom. The molecule has 0 radical (unpaired) electrons. The van der Waals surface area contributed by atoms with E-state index in [4.69, 9.17) is 0 Å². The molecule has 5 heteroatoms. The molecule has 0 saturated heterocycles. The summed E-state index contributed by atoms with van der Waals surface area (Å²) in [5, 5.41) is 15.3. The highest BCUT2D eigenvalue weighted by molar-refractivity contribution is 5.74. The molecule has 0 heterocycles. The Bertz CT molecular complexity index is 495. The third-order valence-corrected chi connectivity index (χ3v) is 4.18. The number of hydrogen-bond donors (Lipinski definition) is 3. The molecule has 2 amide bonds. The van der Waals surface area contributed by atoms with Crippen LogP contribution in [0, 0.1) is 11.7 Å². The van der Waals surface area contributed by atoms with Crippen molar-refractivity contribution in [3.05, 3.63) is 35.6 Å². The van der Waals surface area contributed by atoms with Crippen LogP contribution in [-0.2, 0) is 0 Å². The van der Waals surface area contributed by atoms with Crippen LogP contribution < -0.4 is 10.6 Å². The molecule has 4 unspecified atom stereocenters. The minimum absolute atomic E-state index is 0.0253. The minimum Gasteiger partial charge on any atom is -0.391 e. The molecule has 4 nitrogen and oxygen atoms in total. The summed E-state index contributed by atoms with van der Waals surface area (Å²) in [5.41, 5.74) is 0.655. The number of halogens is 1. The lowest BCUT2D eigenvalue weighted by molar-refractivity contribution is 0.114. The van der Waals surface area contributed by atoms with Gasteiger partial charge in [0.25, 0.3) is 0 Å². The molecule has 1 aliphatic carbocycles. The zero-order valence-corrected chi connectivity index (χ0v) is 12.5. The van der Waals surface area contributed by atoms with Crippen molar-refractivity contribution in [2.75, 3.05) is 6.54 Å². The maximum absolute atomic E-state index is 13.6. The maximum Gasteiger partial charge on any atom is 0.315 e. The van der Waals surface area contributed by atoms with Crippen LogP contribution in [0.1, 0.15) is 38.2 Å². The van der Waals surface area contributed by atoms with Gasteiger partial charge in [0.1, 0.15) is 5.82 Å². The average molecular weight is 294 g/mol. The Balaban J connectivity index is 1.75. The summed E-state index contributed by atoms with van der Waals surface area (Å²) >= 11 is 0. The van der Waals surface area contributed by atoms with Crippen molar-refractivity contribution >= 4 is 6.03 Å². The molecule has 1 aromatic carbocycles. The maximum atomic E-state index is 13.6. The number of hydrogen-bond acceptors (Lipinski definition) is 2. The number of carbonyl (C=O) groups excluding carboxylic acids is 1. The predicted octanol–water partition coefficient (Wildman–Crippen LogP) is 2.39. The van der Waals surface area contributed by atoms with Crippen LogP contribution in [0.3, 0.4) is 0 Å². The number of aliphatic hydroxyl groups excluding tert-OH is 1. The van der Waals surface area contributed by atoms with Gasteiger partial charge in [0.2, 0.25) is 0 Å². The molecule has 2 rings (SSSR count). The average Bonchev–Trinajstić information content (AvgIpc) is 3.23. The fraction of sp³-hybridized carbons (Fsp3) is 0.562. The quantitative estimate of drug-likeness (QED) is 0.754. The van der Waals surface area contributed by atoms with Crippen LogP contribution in [0.5, 0.6) is 0 Å². The van der Waals surface area contributed by atoms with E-state index in [0.717, 1.165) is 12.8 Å². The first-order chi connectivity index (χ1) is 10.0. The summed E-state index contributed by atoms with van der Waals surface area (Å²) in [6.45, 7) is 4.18. The number of rotatable bonds is 6. The number of aliphatic hydroxyl groups is 1. The summed E-state index contributed by atoms with van der Waals surface area (Å²) in [6, 6.07) is 6.33. The summed E-state index contributed by atoms with van der Waals surface area (Å²) < 4.78 is 13.6. The Hall–Kier alpha value is -1.62. The summed E-state index contributed by atoms with van der Waals surface area (Å²) in [4.78, 5) is 11.7. The molecule has 4 atom stereocenters. The molecule has 0 aromatic heterocycles. The number of benzene rings is 1. The Morgan fingerprint density at radius 2 is 2.19 bits per heavy atom. The first-order valence-electron chi connectivity index (χ1n) is 7.49. The molecular formula is C16H23FN2O2. The van der Waals surface area contributed by atoms with Crippen LogP contribution in [0.15, 0.2) is 24.3 Å². The van der Waals surface area contributed by atoms with Crippen molar-refractivity contribution in [2.45, 2.75) is 44.8 Å². The summed E-state index contributed by atoms with van der Waals surface area (Å²) in [5.74, 6) is -0.0202. The van der Waals surface area contributed by atoms with E-state index in [-0.39, 0.29) is 36.3 Å². The Kier molecular flexibility index (Phi) is 5.17. The molecular weight excluding hydrogens is 271 g/mol. The van der Waals surface area contributed by atoms with E-state index in [1.807, 2.05) is 13.8 Å². The SMILES string of the molecule is CCC(C)C(O)CNC(=O)NC1CC1c1ccccc1F. The molecule has 116 valence electrons. The smallest absolute Gasteiger partial charge is 0.315 e. The van der Waals surface area contributed by atoms with Gasteiger partial charge in [-0.3, -0.25) is 0 Å². The number of urea groups is 1. The largest absolute Gasteiger partial charge is 0.391 e. The number of amides is 2. The van der Waals surface area contributed by atoms with Gasteiger partial charge in [0, 0.05) is 18.5 Å². The highest BCUT2D eigenvalue weighted by Gasteiger charge is 2.40. The zero-order chi connectivity index (χ0) is 15.4. The van der Waals surface area contributed by atoms with Crippen LogP contribution in [0.25, 0.3) is 0 Å². The zero-order valence-electron chi connectivity index (χ0n) is 12.5. The first kappa shape index (κ1) is 15.8. The third kappa shape index (κ3) is 4.17. The van der Waals surface area contributed by atoms with E-state index in [1.54, 1.807) is 18.2 Å². The van der Waals surface area contributed by atoms with Gasteiger partial charge in [-0.05, 0) is 24.0 Å². The van der Waals surface area contributed by atoms with Crippen molar-refractivity contribution in [1.29, 1.82) is 0 Å². The highest BCUT2D eigenvalue weighted by atomic mass is 19.1. The molecule has 21 heavy (non-hydrogen) atoms. The molecule has 0 bridgehead atoms. The second kappa shape index (κ2) is 6.89. The fourth-order valence-electron chi connectivity index (χ4n) is 2.36. The molecule has 0 aliphatic heterocycles. The van der Waals surface area contributed by atoms with Gasteiger partial charge in [-0.2, -0.15) is 0 Å². The minimum atomic E-state index is -0.540. The van der Waals surface area contributed by atoms with Gasteiger partial charge < -0.3 is 15.7 Å². The van der Waals surface area contributed by atoms with E-state index < -0.39 is 6.10 Å². The standard InChI is InChI=1S/C16H23FN2O2/c1-3-10(2)15(20)9-18-16(21)19-14-8-12(14)11-6-4-5-7-13(11)17/h4-7,10,12,14-15,20H,3,8-9H2,1-2H3,(H2,18,19,21). The van der Waals surface area contributed by atoms with Crippen molar-refractivity contribution < 1.29 is 14.3 Å². The second-order valence-corrected chi connectivity index (χ2v) is 5.78. The van der Waals surface area contributed by atoms with E-state index >= 15 is 0 Å². The van der Waals surface area contributed by atoms with Gasteiger partial charge in [-0.25, -0.2) is 9.18 Å². The van der Waals surface area contributed by atoms with Gasteiger partial charge in [-0.15, -0.1) is 0 Å². The molecule has 1 aromatic rings. The predicted molar refractivity (Wildman–Crippen MR) is 79.5 cm³/mol. The topological polar surface area (TPSA) is 61.4 Å². The molecule has 1 fully saturated rings. The van der Waals surface area contributed by atoms with Gasteiger partial charge in [-0.1, -0.05) is 38.5 Å². The molecule has 3 N–H and O–H groups in total. The van der Waals surface area contributed by atoms with E-state index in [1.165, 1.54) is 6.07 Å². The summed E-state index contributed by atoms with van der Waals surface area (Å²) in [6.07, 6.45) is 1.08. The lowest BCUT2D eigenvalue weighted by atomic mass is 10.0. The number of carbonyl (C=O) groups is 1. The van der Waals surface area contributed by atoms with Crippen LogP contribution in [0.4, 0.5) is 9.18 Å². The van der Waals surface area contributed by atoms with Crippen molar-refractivity contribution in [3.8, 4) is 0 Å². The van der Waals surface area contributed by atoms with E-state index in [0.29, 0.717) is 5.56 Å².